The van der Waals surface area contributed by atoms with E-state index in [9.17, 15) is 67.7 Å². The van der Waals surface area contributed by atoms with Crippen molar-refractivity contribution in [2.75, 3.05) is 32.8 Å². The number of nitrogens with one attached hydrogen (secondary N) is 10. The average molecular weight is 1320 g/mol. The van der Waals surface area contributed by atoms with Crippen molar-refractivity contribution in [3.8, 4) is 5.75 Å². The van der Waals surface area contributed by atoms with Crippen LogP contribution in [0, 0.1) is 5.92 Å². The first-order valence-electron chi connectivity index (χ1n) is 30.9. The minimum Gasteiger partial charge on any atom is -0.508 e. The lowest BCUT2D eigenvalue weighted by atomic mass is 10.0. The zero-order chi connectivity index (χ0) is 68.9. The zero-order valence-electron chi connectivity index (χ0n) is 52.8. The van der Waals surface area contributed by atoms with Crippen molar-refractivity contribution in [1.82, 2.24) is 58.1 Å². The molecule has 2 aromatic carbocycles. The van der Waals surface area contributed by atoms with E-state index < -0.39 is 138 Å². The Hall–Kier alpha value is -9.33. The molecule has 512 valence electrons. The number of carbonyl (C=O) groups excluding carboxylic acids is 12. The molecule has 0 aromatic heterocycles. The number of phenols is 1. The van der Waals surface area contributed by atoms with Gasteiger partial charge in [-0.1, -0.05) is 49.7 Å². The van der Waals surface area contributed by atoms with Gasteiger partial charge in [-0.05, 0) is 119 Å². The summed E-state index contributed by atoms with van der Waals surface area (Å²) in [4.78, 5) is 175. The lowest BCUT2D eigenvalue weighted by Crippen LogP contribution is -2.61. The Morgan fingerprint density at radius 2 is 1.23 bits per heavy atom. The van der Waals surface area contributed by atoms with E-state index in [1.165, 1.54) is 43.0 Å². The molecule has 4 rings (SSSR count). The number of benzene rings is 2. The van der Waals surface area contributed by atoms with Crippen molar-refractivity contribution in [3.05, 3.63) is 64.7 Å². The largest absolute Gasteiger partial charge is 0.508 e. The number of phenolic OH excluding ortho intramolecular Hbond substituents is 1. The Morgan fingerprint density at radius 1 is 0.656 bits per heavy atom. The van der Waals surface area contributed by atoms with Crippen molar-refractivity contribution in [2.24, 2.45) is 44.6 Å². The van der Waals surface area contributed by atoms with Gasteiger partial charge in [-0.15, -0.1) is 0 Å². The predicted molar refractivity (Wildman–Crippen MR) is 342 cm³/mol. The van der Waals surface area contributed by atoms with Gasteiger partial charge in [0.2, 0.25) is 70.9 Å². The summed E-state index contributed by atoms with van der Waals surface area (Å²) in [6, 6.07) is -1.76. The molecule has 93 heavy (non-hydrogen) atoms. The van der Waals surface area contributed by atoms with Gasteiger partial charge in [0.05, 0.1) is 6.61 Å². The predicted octanol–water partition coefficient (Wildman–Crippen LogP) is -4.06. The minimum absolute atomic E-state index is 0.00162. The van der Waals surface area contributed by atoms with E-state index in [0.29, 0.717) is 29.0 Å². The molecule has 0 unspecified atom stereocenters. The summed E-state index contributed by atoms with van der Waals surface area (Å²) in [6.45, 7) is 5.36. The summed E-state index contributed by atoms with van der Waals surface area (Å²) in [5.74, 6) is -10.4. The molecule has 2 aliphatic rings. The SMILES string of the molecule is CC(=O)N[C@@H]1CCC(=O)NCCCC[C@H](C(=O)N[C@@H](CO)C(=O)N[C@@H](Cc2ccc(O)cc2)C(=O)N[C@H](CCCN=C(N)N)C(=O)N[C@@H](CC(C)C)C(=O)N[C@@H](CCCN=C(N)N)C(=O)N2CCC[C@H]2C(=O)N[C@H](C)C(N)=O)NC(=O)[C@@H](Cc2ccc(Cl)cc2)NC1=O. The topological polar surface area (TPSA) is 524 Å². The number of guanidine groups is 2. The Kier molecular flexibility index (Phi) is 31.5. The molecule has 0 spiro atoms. The van der Waals surface area contributed by atoms with E-state index in [1.54, 1.807) is 38.1 Å². The number of aromatic hydroxyl groups is 1. The number of aliphatic imine (C=N–C) groups is 2. The summed E-state index contributed by atoms with van der Waals surface area (Å²) in [5.41, 5.74) is 28.6. The van der Waals surface area contributed by atoms with E-state index in [0.717, 1.165) is 0 Å². The fourth-order valence-corrected chi connectivity index (χ4v) is 10.3. The van der Waals surface area contributed by atoms with Gasteiger partial charge in [0.1, 0.15) is 66.2 Å². The third-order valence-electron chi connectivity index (χ3n) is 15.1. The van der Waals surface area contributed by atoms with Crippen LogP contribution in [-0.2, 0) is 70.4 Å². The first-order valence-corrected chi connectivity index (χ1v) is 31.2. The molecule has 12 amide bonds. The molecule has 2 aliphatic heterocycles. The van der Waals surface area contributed by atoms with Crippen LogP contribution in [0.25, 0.3) is 0 Å². The first-order chi connectivity index (χ1) is 44.0. The maximum absolute atomic E-state index is 14.7. The van der Waals surface area contributed by atoms with Gasteiger partial charge in [0, 0.05) is 57.4 Å². The number of primary amides is 1. The molecular weight excluding hydrogens is 1230 g/mol. The number of carbonyl (C=O) groups is 12. The van der Waals surface area contributed by atoms with Gasteiger partial charge in [-0.3, -0.25) is 67.5 Å². The molecular formula is C60H91ClN18O14. The number of nitrogens with zero attached hydrogens (tertiary/aromatic N) is 3. The Morgan fingerprint density at radius 3 is 1.83 bits per heavy atom. The first kappa shape index (κ1) is 76.1. The van der Waals surface area contributed by atoms with Crippen molar-refractivity contribution in [3.63, 3.8) is 0 Å². The van der Waals surface area contributed by atoms with E-state index in [1.807, 2.05) is 0 Å². The molecule has 2 aromatic rings. The van der Waals surface area contributed by atoms with Gasteiger partial charge in [-0.25, -0.2) is 0 Å². The van der Waals surface area contributed by atoms with Crippen LogP contribution in [0.5, 0.6) is 5.75 Å². The van der Waals surface area contributed by atoms with E-state index in [-0.39, 0.29) is 127 Å². The quantitative estimate of drug-likeness (QED) is 0.0201. The second-order valence-corrected chi connectivity index (χ2v) is 23.7. The van der Waals surface area contributed by atoms with Crippen LogP contribution in [0.4, 0.5) is 0 Å². The zero-order valence-corrected chi connectivity index (χ0v) is 53.6. The Labute approximate surface area is 544 Å². The number of nitrogens with two attached hydrogens (primary N) is 5. The second kappa shape index (κ2) is 38.5. The van der Waals surface area contributed by atoms with Crippen LogP contribution in [0.2, 0.25) is 5.02 Å². The molecule has 2 saturated heterocycles. The van der Waals surface area contributed by atoms with Gasteiger partial charge in [0.15, 0.2) is 11.9 Å². The molecule has 0 aliphatic carbocycles. The smallest absolute Gasteiger partial charge is 0.245 e. The highest BCUT2D eigenvalue weighted by molar-refractivity contribution is 6.30. The van der Waals surface area contributed by atoms with Crippen molar-refractivity contribution >= 4 is 94.4 Å². The van der Waals surface area contributed by atoms with E-state index >= 15 is 0 Å². The van der Waals surface area contributed by atoms with Crippen LogP contribution in [0.3, 0.4) is 0 Å². The molecule has 22 N–H and O–H groups in total. The number of hydrogen-bond acceptors (Lipinski definition) is 16. The fraction of sp³-hybridized carbons (Fsp3) is 0.567. The van der Waals surface area contributed by atoms with Gasteiger partial charge in [-0.2, -0.15) is 0 Å². The second-order valence-electron chi connectivity index (χ2n) is 23.3. The molecule has 33 heteroatoms. The highest BCUT2D eigenvalue weighted by atomic mass is 35.5. The lowest BCUT2D eigenvalue weighted by molar-refractivity contribution is -0.142. The highest BCUT2D eigenvalue weighted by Crippen LogP contribution is 2.21. The van der Waals surface area contributed by atoms with E-state index in [4.69, 9.17) is 40.3 Å². The third-order valence-corrected chi connectivity index (χ3v) is 15.4. The summed E-state index contributed by atoms with van der Waals surface area (Å²) in [7, 11) is 0. The fourth-order valence-electron chi connectivity index (χ4n) is 10.2. The standard InChI is InChI=1S/C60H91ClN18O14/c1-32(2)28-43(53(88)74-42(12-8-26-69-60(65)66)58(93)79-27-9-13-47(79)57(92)70-33(3)49(62)84)75-50(85)40(11-7-25-68-59(63)64)73-55(90)45(30-36-16-20-38(82)21-17-36)77-56(91)46(31-80)78-51(86)39-10-5-6-24-67-48(83)23-22-41(71-34(4)81)52(87)76-44(54(89)72-39)29-35-14-18-37(61)19-15-35/h14-21,32-33,39-47,80,82H,5-13,22-31H2,1-4H3,(H2,62,84)(H,67,83)(H,70,92)(H,71,81)(H,72,89)(H,73,90)(H,74,88)(H,75,85)(H,76,87)(H,77,91)(H,78,86)(H4,63,64,68)(H4,65,66,69)/t33-,39-,40-,41-,42+,43+,44-,45+,46+,47+/m1/s1. The van der Waals surface area contributed by atoms with E-state index in [2.05, 4.69) is 63.2 Å². The number of hydrogen-bond donors (Lipinski definition) is 17. The molecule has 0 radical (unpaired) electrons. The summed E-state index contributed by atoms with van der Waals surface area (Å²) in [5, 5.41) is 47.4. The molecule has 32 nitrogen and oxygen atoms in total. The number of halogens is 1. The lowest BCUT2D eigenvalue weighted by Gasteiger charge is -2.31. The van der Waals surface area contributed by atoms with Crippen LogP contribution >= 0.6 is 11.6 Å². The monoisotopic (exact) mass is 1320 g/mol. The summed E-state index contributed by atoms with van der Waals surface area (Å²) in [6.07, 6.45) is 0.441. The van der Waals surface area contributed by atoms with Gasteiger partial charge >= 0.3 is 0 Å². The van der Waals surface area contributed by atoms with Gasteiger partial charge < -0.3 is 96.9 Å². The normalized spacial score (nSPS) is 19.0. The summed E-state index contributed by atoms with van der Waals surface area (Å²) < 4.78 is 0. The van der Waals surface area contributed by atoms with Crippen molar-refractivity contribution < 1.29 is 67.7 Å². The number of rotatable bonds is 30. The maximum atomic E-state index is 14.7. The van der Waals surface area contributed by atoms with Crippen LogP contribution < -0.4 is 81.8 Å². The number of aliphatic hydroxyl groups is 1. The third kappa shape index (κ3) is 26.8. The van der Waals surface area contributed by atoms with Crippen LogP contribution in [0.1, 0.15) is 116 Å². The number of aliphatic hydroxyl groups excluding tert-OH is 1. The van der Waals surface area contributed by atoms with Crippen molar-refractivity contribution in [2.45, 2.75) is 178 Å². The molecule has 0 bridgehead atoms. The molecule has 0 saturated carbocycles. The number of likely N-dealkylation sites (tertiary alicyclic amines) is 1. The molecule has 2 heterocycles. The van der Waals surface area contributed by atoms with Crippen LogP contribution in [-0.4, -0.2) is 191 Å². The average Bonchev–Trinajstić information content (AvgIpc) is 1.85. The highest BCUT2D eigenvalue weighted by Gasteiger charge is 2.40. The Bertz CT molecular complexity index is 2980. The van der Waals surface area contributed by atoms with Crippen LogP contribution in [0.15, 0.2) is 58.5 Å². The number of amides is 12. The molecule has 10 atom stereocenters. The minimum atomic E-state index is -1.81. The molecule has 2 fully saturated rings. The summed E-state index contributed by atoms with van der Waals surface area (Å²) >= 11 is 6.13. The maximum Gasteiger partial charge on any atom is 0.245 e. The van der Waals surface area contributed by atoms with Gasteiger partial charge in [0.25, 0.3) is 0 Å². The van der Waals surface area contributed by atoms with Crippen molar-refractivity contribution in [1.29, 1.82) is 0 Å². The Balaban J connectivity index is 1.65.